The summed E-state index contributed by atoms with van der Waals surface area (Å²) in [5, 5.41) is 15.4. The smallest absolute Gasteiger partial charge is 0.416 e. The summed E-state index contributed by atoms with van der Waals surface area (Å²) in [6.07, 6.45) is 1.95. The van der Waals surface area contributed by atoms with E-state index >= 15 is 0 Å². The minimum atomic E-state index is -1.86. The number of Topliss-reactive ketones (excluding diaryl/α,β-unsaturated/α-hetero) is 1. The van der Waals surface area contributed by atoms with Gasteiger partial charge >= 0.3 is 6.09 Å². The van der Waals surface area contributed by atoms with Gasteiger partial charge < -0.3 is 19.3 Å². The highest BCUT2D eigenvalue weighted by Gasteiger charge is 2.74. The standard InChI is InChI=1S/C29H40N2O6S/c1-15-12-28-17(3)10-16(2)26(5,6)20(21(28)32)11-19-13-35-27(7,8)37-23(19)29(28,34)22(15)36-25(33)31(9)24-30-18(4)14-38-24/h11-12,14,16-17,20,22-23,34H,10,13H2,1-9H3/t16-,17+,20+,22-,23+,28-,29+/m0/s1. The van der Waals surface area contributed by atoms with Crippen LogP contribution in [-0.4, -0.2) is 59.2 Å². The van der Waals surface area contributed by atoms with E-state index in [0.29, 0.717) is 10.7 Å². The van der Waals surface area contributed by atoms with Crippen LogP contribution in [0.3, 0.4) is 0 Å². The van der Waals surface area contributed by atoms with Gasteiger partial charge in [0.15, 0.2) is 28.4 Å². The van der Waals surface area contributed by atoms with Crippen molar-refractivity contribution in [3.8, 4) is 0 Å². The predicted molar refractivity (Wildman–Crippen MR) is 145 cm³/mol. The largest absolute Gasteiger partial charge is 0.438 e. The van der Waals surface area contributed by atoms with Gasteiger partial charge in [0.1, 0.15) is 6.10 Å². The molecule has 2 heterocycles. The SMILES string of the molecule is CC1=C[C@]23C(=O)[C@@H](C=C4COC(C)(C)O[C@H]4[C@]2(O)[C@H]1OC(=O)N(C)c1nc(C)cs1)C(C)(C)[C@@H](C)C[C@H]3C. The average Bonchev–Trinajstić information content (AvgIpc) is 3.33. The van der Waals surface area contributed by atoms with Crippen LogP contribution in [0.2, 0.25) is 0 Å². The summed E-state index contributed by atoms with van der Waals surface area (Å²) in [7, 11) is 1.60. The monoisotopic (exact) mass is 544 g/mol. The van der Waals surface area contributed by atoms with Gasteiger partial charge in [0.25, 0.3) is 0 Å². The Morgan fingerprint density at radius 2 is 1.89 bits per heavy atom. The second-order valence-corrected chi connectivity index (χ2v) is 13.6. The predicted octanol–water partition coefficient (Wildman–Crippen LogP) is 5.05. The second-order valence-electron chi connectivity index (χ2n) is 12.8. The van der Waals surface area contributed by atoms with Crippen LogP contribution in [0.25, 0.3) is 0 Å². The molecule has 0 radical (unpaired) electrons. The number of aliphatic hydroxyl groups is 1. The fraction of sp³-hybridized carbons (Fsp3) is 0.690. The Morgan fingerprint density at radius 3 is 2.53 bits per heavy atom. The molecule has 208 valence electrons. The number of ketones is 1. The zero-order valence-corrected chi connectivity index (χ0v) is 24.6. The van der Waals surface area contributed by atoms with E-state index in [2.05, 4.69) is 25.8 Å². The van der Waals surface area contributed by atoms with E-state index < -0.39 is 41.0 Å². The Balaban J connectivity index is 1.67. The van der Waals surface area contributed by atoms with Crippen LogP contribution in [-0.2, 0) is 19.0 Å². The van der Waals surface area contributed by atoms with Gasteiger partial charge in [0.2, 0.25) is 0 Å². The molecular formula is C29H40N2O6S. The number of hydrogen-bond donors (Lipinski definition) is 1. The summed E-state index contributed by atoms with van der Waals surface area (Å²) in [6, 6.07) is 0. The Bertz CT molecular complexity index is 1230. The number of aromatic nitrogens is 1. The maximum absolute atomic E-state index is 14.8. The maximum atomic E-state index is 14.8. The van der Waals surface area contributed by atoms with Crippen LogP contribution in [0, 0.1) is 35.5 Å². The molecule has 1 N–H and O–H groups in total. The highest BCUT2D eigenvalue weighted by Crippen LogP contribution is 2.63. The topological polar surface area (TPSA) is 98.2 Å². The molecule has 1 aromatic heterocycles. The van der Waals surface area contributed by atoms with Crippen molar-refractivity contribution in [2.75, 3.05) is 18.6 Å². The number of anilines is 1. The van der Waals surface area contributed by atoms with Gasteiger partial charge in [-0.3, -0.25) is 9.69 Å². The van der Waals surface area contributed by atoms with Gasteiger partial charge in [-0.2, -0.15) is 0 Å². The molecule has 0 unspecified atom stereocenters. The number of hydrogen-bond acceptors (Lipinski definition) is 8. The molecule has 0 aromatic carbocycles. The minimum Gasteiger partial charge on any atom is -0.438 e. The lowest BCUT2D eigenvalue weighted by Gasteiger charge is -2.52. The molecule has 7 atom stereocenters. The summed E-state index contributed by atoms with van der Waals surface area (Å²) in [5.74, 6) is -1.52. The summed E-state index contributed by atoms with van der Waals surface area (Å²) < 4.78 is 18.6. The fourth-order valence-corrected chi connectivity index (χ4v) is 7.87. The molecule has 1 amide bonds. The molecule has 1 saturated carbocycles. The zero-order chi connectivity index (χ0) is 28.0. The lowest BCUT2D eigenvalue weighted by atomic mass is 9.59. The zero-order valence-electron chi connectivity index (χ0n) is 23.8. The number of thiazole rings is 1. The fourth-order valence-electron chi connectivity index (χ4n) is 7.11. The van der Waals surface area contributed by atoms with E-state index in [0.717, 1.165) is 17.7 Å². The number of amides is 1. The van der Waals surface area contributed by atoms with Crippen molar-refractivity contribution < 1.29 is 28.9 Å². The summed E-state index contributed by atoms with van der Waals surface area (Å²) >= 11 is 1.34. The van der Waals surface area contributed by atoms with E-state index in [-0.39, 0.29) is 29.6 Å². The maximum Gasteiger partial charge on any atom is 0.416 e. The molecule has 8 nitrogen and oxygen atoms in total. The van der Waals surface area contributed by atoms with Crippen molar-refractivity contribution >= 4 is 28.3 Å². The number of nitrogens with zero attached hydrogens (tertiary/aromatic N) is 2. The van der Waals surface area contributed by atoms with Crippen LogP contribution < -0.4 is 4.90 Å². The van der Waals surface area contributed by atoms with Gasteiger partial charge in [-0.05, 0) is 62.5 Å². The van der Waals surface area contributed by atoms with Crippen LogP contribution in [0.15, 0.2) is 28.7 Å². The Labute approximate surface area is 229 Å². The first-order valence-corrected chi connectivity index (χ1v) is 14.3. The number of carbonyl (C=O) groups is 2. The average molecular weight is 545 g/mol. The highest BCUT2D eigenvalue weighted by molar-refractivity contribution is 7.14. The minimum absolute atomic E-state index is 0.0491. The number of rotatable bonds is 2. The van der Waals surface area contributed by atoms with E-state index in [1.54, 1.807) is 20.9 Å². The first-order valence-electron chi connectivity index (χ1n) is 13.4. The molecule has 2 bridgehead atoms. The first-order chi connectivity index (χ1) is 17.6. The molecule has 3 aliphatic carbocycles. The molecule has 1 aromatic rings. The van der Waals surface area contributed by atoms with Gasteiger partial charge in [0.05, 0.1) is 17.7 Å². The third-order valence-corrected chi connectivity index (χ3v) is 10.7. The molecule has 1 aliphatic heterocycles. The molecular weight excluding hydrogens is 504 g/mol. The van der Waals surface area contributed by atoms with Crippen molar-refractivity contribution in [2.24, 2.45) is 28.6 Å². The number of ether oxygens (including phenoxy) is 3. The summed E-state index contributed by atoms with van der Waals surface area (Å²) in [6.45, 7) is 16.0. The number of aryl methyl sites for hydroxylation is 1. The summed E-state index contributed by atoms with van der Waals surface area (Å²) in [4.78, 5) is 34.0. The Morgan fingerprint density at radius 1 is 1.21 bits per heavy atom. The van der Waals surface area contributed by atoms with Gasteiger partial charge in [-0.1, -0.05) is 39.8 Å². The normalized spacial score (nSPS) is 39.2. The lowest BCUT2D eigenvalue weighted by Crippen LogP contribution is -2.68. The van der Waals surface area contributed by atoms with Crippen LogP contribution in [0.4, 0.5) is 9.93 Å². The van der Waals surface area contributed by atoms with Crippen LogP contribution >= 0.6 is 11.3 Å². The van der Waals surface area contributed by atoms with Crippen molar-refractivity contribution in [1.29, 1.82) is 0 Å². The molecule has 4 aliphatic rings. The third kappa shape index (κ3) is 3.68. The first kappa shape index (κ1) is 27.5. The highest BCUT2D eigenvalue weighted by atomic mass is 32.1. The number of fused-ring (bicyclic) bond motifs is 3. The second kappa shape index (κ2) is 8.71. The Hall–Kier alpha value is -2.07. The van der Waals surface area contributed by atoms with E-state index in [9.17, 15) is 14.7 Å². The van der Waals surface area contributed by atoms with E-state index in [1.165, 1.54) is 16.2 Å². The van der Waals surface area contributed by atoms with Crippen molar-refractivity contribution in [2.45, 2.75) is 85.4 Å². The van der Waals surface area contributed by atoms with Crippen LogP contribution in [0.1, 0.15) is 60.6 Å². The number of allylic oxidation sites excluding steroid dienone is 1. The number of carbonyl (C=O) groups excluding carboxylic acids is 2. The quantitative estimate of drug-likeness (QED) is 0.521. The van der Waals surface area contributed by atoms with E-state index in [4.69, 9.17) is 14.2 Å². The van der Waals surface area contributed by atoms with Gasteiger partial charge in [0, 0.05) is 18.3 Å². The molecule has 5 rings (SSSR count). The van der Waals surface area contributed by atoms with Crippen molar-refractivity contribution in [3.63, 3.8) is 0 Å². The molecule has 38 heavy (non-hydrogen) atoms. The van der Waals surface area contributed by atoms with E-state index in [1.807, 2.05) is 38.3 Å². The molecule has 1 spiro atoms. The molecule has 1 saturated heterocycles. The van der Waals surface area contributed by atoms with Crippen molar-refractivity contribution in [3.05, 3.63) is 34.4 Å². The molecule has 9 heteroatoms. The summed E-state index contributed by atoms with van der Waals surface area (Å²) in [5.41, 5.74) is -1.36. The Kier molecular flexibility index (Phi) is 6.31. The van der Waals surface area contributed by atoms with Crippen molar-refractivity contribution in [1.82, 2.24) is 4.98 Å². The lowest BCUT2D eigenvalue weighted by molar-refractivity contribution is -0.302. The molecule has 2 fully saturated rings. The van der Waals surface area contributed by atoms with Gasteiger partial charge in [-0.15, -0.1) is 11.3 Å². The van der Waals surface area contributed by atoms with Gasteiger partial charge in [-0.25, -0.2) is 9.78 Å². The third-order valence-electron chi connectivity index (χ3n) is 9.67. The van der Waals surface area contributed by atoms with Crippen LogP contribution in [0.5, 0.6) is 0 Å².